The standard InChI is InChI=1S/C32H60N2O12/c1-29(2,3)44-26(36)11-16-41-22-32(23-42-17-12-27(37)45-30(4,5)6,24-43-18-13-28(38)46-31(7,8)9)34-25(35)10-15-39-20-21-40-19-14-33/h10-24,33H2,1-9H3,(H,34,35). The quantitative estimate of drug-likeness (QED) is 0.0874. The number of ether oxygens (including phenoxy) is 8. The minimum atomic E-state index is -1.24. The predicted octanol–water partition coefficient (Wildman–Crippen LogP) is 2.47. The number of nitrogens with one attached hydrogen (secondary N) is 1. The number of rotatable bonds is 24. The van der Waals surface area contributed by atoms with Crippen LogP contribution in [0.5, 0.6) is 0 Å². The minimum Gasteiger partial charge on any atom is -0.460 e. The third-order valence-corrected chi connectivity index (χ3v) is 5.26. The highest BCUT2D eigenvalue weighted by molar-refractivity contribution is 5.77. The number of hydrogen-bond donors (Lipinski definition) is 2. The van der Waals surface area contributed by atoms with E-state index in [4.69, 9.17) is 43.6 Å². The summed E-state index contributed by atoms with van der Waals surface area (Å²) in [6, 6.07) is 0. The fraction of sp³-hybridized carbons (Fsp3) is 0.875. The Morgan fingerprint density at radius 2 is 0.804 bits per heavy atom. The van der Waals surface area contributed by atoms with Gasteiger partial charge in [0, 0.05) is 13.0 Å². The molecule has 0 aromatic carbocycles. The van der Waals surface area contributed by atoms with E-state index in [9.17, 15) is 19.2 Å². The lowest BCUT2D eigenvalue weighted by Gasteiger charge is -2.34. The Labute approximate surface area is 274 Å². The van der Waals surface area contributed by atoms with Crippen LogP contribution in [0, 0.1) is 0 Å². The smallest absolute Gasteiger partial charge is 0.308 e. The molecule has 0 unspecified atom stereocenters. The predicted molar refractivity (Wildman–Crippen MR) is 170 cm³/mol. The van der Waals surface area contributed by atoms with Crippen LogP contribution in [-0.2, 0) is 57.1 Å². The number of hydrogen-bond acceptors (Lipinski definition) is 13. The van der Waals surface area contributed by atoms with Gasteiger partial charge in [-0.2, -0.15) is 0 Å². The molecule has 0 aliphatic carbocycles. The fourth-order valence-corrected chi connectivity index (χ4v) is 3.61. The average Bonchev–Trinajstić information content (AvgIpc) is 2.88. The molecule has 3 N–H and O–H groups in total. The first-order valence-corrected chi connectivity index (χ1v) is 15.8. The lowest BCUT2D eigenvalue weighted by molar-refractivity contribution is -0.157. The molecular weight excluding hydrogens is 604 g/mol. The number of nitrogens with two attached hydrogens (primary N) is 1. The number of amides is 1. The van der Waals surface area contributed by atoms with Crippen LogP contribution >= 0.6 is 0 Å². The van der Waals surface area contributed by atoms with E-state index in [1.807, 2.05) is 0 Å². The summed E-state index contributed by atoms with van der Waals surface area (Å²) in [6.07, 6.45) is -0.0204. The highest BCUT2D eigenvalue weighted by Gasteiger charge is 2.34. The number of carbonyl (C=O) groups excluding carboxylic acids is 4. The molecule has 0 aromatic rings. The van der Waals surface area contributed by atoms with Crippen molar-refractivity contribution >= 4 is 23.8 Å². The monoisotopic (exact) mass is 664 g/mol. The molecule has 0 atom stereocenters. The van der Waals surface area contributed by atoms with Crippen molar-refractivity contribution in [3.05, 3.63) is 0 Å². The van der Waals surface area contributed by atoms with Crippen molar-refractivity contribution in [3.8, 4) is 0 Å². The first kappa shape index (κ1) is 43.6. The van der Waals surface area contributed by atoms with Gasteiger partial charge in [0.1, 0.15) is 22.3 Å². The molecule has 1 amide bonds. The Balaban J connectivity index is 5.55. The summed E-state index contributed by atoms with van der Waals surface area (Å²) < 4.78 is 44.3. The van der Waals surface area contributed by atoms with Crippen molar-refractivity contribution in [3.63, 3.8) is 0 Å². The zero-order valence-corrected chi connectivity index (χ0v) is 29.6. The Hall–Kier alpha value is -2.36. The van der Waals surface area contributed by atoms with E-state index in [0.29, 0.717) is 26.4 Å². The van der Waals surface area contributed by atoms with Crippen molar-refractivity contribution in [2.75, 3.05) is 72.6 Å². The van der Waals surface area contributed by atoms with Gasteiger partial charge in [0.05, 0.1) is 85.3 Å². The lowest BCUT2D eigenvalue weighted by Crippen LogP contribution is -2.59. The second-order valence-electron chi connectivity index (χ2n) is 13.8. The van der Waals surface area contributed by atoms with Gasteiger partial charge in [-0.15, -0.1) is 0 Å². The second-order valence-corrected chi connectivity index (χ2v) is 13.8. The lowest BCUT2D eigenvalue weighted by atomic mass is 10.0. The Kier molecular flexibility index (Phi) is 21.1. The van der Waals surface area contributed by atoms with Gasteiger partial charge < -0.3 is 48.9 Å². The summed E-state index contributed by atoms with van der Waals surface area (Å²) in [4.78, 5) is 49.7. The molecule has 0 fully saturated rings. The van der Waals surface area contributed by atoms with Crippen LogP contribution in [0.15, 0.2) is 0 Å². The summed E-state index contributed by atoms with van der Waals surface area (Å²) in [5, 5.41) is 2.93. The van der Waals surface area contributed by atoms with Crippen LogP contribution in [0.4, 0.5) is 0 Å². The van der Waals surface area contributed by atoms with Crippen LogP contribution in [0.1, 0.15) is 88.0 Å². The normalized spacial score (nSPS) is 12.5. The summed E-state index contributed by atoms with van der Waals surface area (Å²) in [5.74, 6) is -1.67. The van der Waals surface area contributed by atoms with E-state index in [1.54, 1.807) is 62.3 Å². The van der Waals surface area contributed by atoms with Gasteiger partial charge in [0.25, 0.3) is 0 Å². The van der Waals surface area contributed by atoms with E-state index in [-0.39, 0.29) is 77.8 Å². The van der Waals surface area contributed by atoms with E-state index < -0.39 is 40.2 Å². The molecule has 14 nitrogen and oxygen atoms in total. The van der Waals surface area contributed by atoms with Gasteiger partial charge in [0.15, 0.2) is 0 Å². The summed E-state index contributed by atoms with van der Waals surface area (Å²) in [7, 11) is 0. The van der Waals surface area contributed by atoms with Crippen LogP contribution in [0.2, 0.25) is 0 Å². The summed E-state index contributed by atoms with van der Waals surface area (Å²) in [6.45, 7) is 17.3. The van der Waals surface area contributed by atoms with E-state index in [0.717, 1.165) is 0 Å². The van der Waals surface area contributed by atoms with Crippen molar-refractivity contribution in [2.45, 2.75) is 110 Å². The molecule has 0 saturated heterocycles. The van der Waals surface area contributed by atoms with Gasteiger partial charge in [-0.25, -0.2) is 0 Å². The molecule has 0 radical (unpaired) electrons. The molecule has 0 bridgehead atoms. The molecule has 14 heteroatoms. The SMILES string of the molecule is CC(C)(C)OC(=O)CCOCC(COCCC(=O)OC(C)(C)C)(COCCC(=O)OC(C)(C)C)NC(=O)CCOCCOCCN. The third-order valence-electron chi connectivity index (χ3n) is 5.26. The summed E-state index contributed by atoms with van der Waals surface area (Å²) in [5.41, 5.74) is 2.23. The van der Waals surface area contributed by atoms with Crippen molar-refractivity contribution in [1.29, 1.82) is 0 Å². The maximum atomic E-state index is 13.1. The molecule has 0 rings (SSSR count). The molecule has 0 aliphatic rings. The second kappa shape index (κ2) is 22.3. The van der Waals surface area contributed by atoms with Gasteiger partial charge >= 0.3 is 17.9 Å². The highest BCUT2D eigenvalue weighted by atomic mass is 16.6. The van der Waals surface area contributed by atoms with Crippen LogP contribution in [0.25, 0.3) is 0 Å². The van der Waals surface area contributed by atoms with Crippen LogP contribution in [-0.4, -0.2) is 119 Å². The molecule has 0 aromatic heterocycles. The largest absolute Gasteiger partial charge is 0.460 e. The molecule has 0 heterocycles. The van der Waals surface area contributed by atoms with Gasteiger partial charge in [-0.1, -0.05) is 0 Å². The van der Waals surface area contributed by atoms with E-state index in [2.05, 4.69) is 5.32 Å². The van der Waals surface area contributed by atoms with E-state index >= 15 is 0 Å². The van der Waals surface area contributed by atoms with Crippen molar-refractivity contribution < 1.29 is 57.1 Å². The zero-order chi connectivity index (χ0) is 35.3. The Morgan fingerprint density at radius 1 is 0.478 bits per heavy atom. The average molecular weight is 665 g/mol. The maximum Gasteiger partial charge on any atom is 0.308 e. The highest BCUT2D eigenvalue weighted by Crippen LogP contribution is 2.14. The third kappa shape index (κ3) is 26.8. The van der Waals surface area contributed by atoms with Crippen LogP contribution < -0.4 is 11.1 Å². The van der Waals surface area contributed by atoms with Crippen molar-refractivity contribution in [1.82, 2.24) is 5.32 Å². The fourth-order valence-electron chi connectivity index (χ4n) is 3.61. The van der Waals surface area contributed by atoms with Crippen molar-refractivity contribution in [2.24, 2.45) is 5.73 Å². The molecule has 0 aliphatic heterocycles. The molecule has 46 heavy (non-hydrogen) atoms. The summed E-state index contributed by atoms with van der Waals surface area (Å²) >= 11 is 0. The maximum absolute atomic E-state index is 13.1. The minimum absolute atomic E-state index is 0.00820. The molecule has 0 spiro atoms. The first-order valence-electron chi connectivity index (χ1n) is 15.8. The van der Waals surface area contributed by atoms with Gasteiger partial charge in [-0.05, 0) is 62.3 Å². The van der Waals surface area contributed by atoms with E-state index in [1.165, 1.54) is 0 Å². The molecule has 0 saturated carbocycles. The zero-order valence-electron chi connectivity index (χ0n) is 29.6. The Bertz CT molecular complexity index is 803. The van der Waals surface area contributed by atoms with Crippen LogP contribution in [0.3, 0.4) is 0 Å². The molecular formula is C32H60N2O12. The number of carbonyl (C=O) groups is 4. The topological polar surface area (TPSA) is 180 Å². The molecule has 270 valence electrons. The Morgan fingerprint density at radius 3 is 1.13 bits per heavy atom. The van der Waals surface area contributed by atoms with Gasteiger partial charge in [-0.3, -0.25) is 19.2 Å². The number of esters is 3. The van der Waals surface area contributed by atoms with Gasteiger partial charge in [0.2, 0.25) is 5.91 Å². The first-order chi connectivity index (χ1) is 21.3.